The Morgan fingerprint density at radius 2 is 1.94 bits per heavy atom. The number of ether oxygens (including phenoxy) is 1. The molecule has 0 spiro atoms. The standard InChI is InChI=1S/C22H19N3O6S/c1-25-11-17(16-10-18(22(27)28)24-20(16)21(25)26)15-9-13(23-12-32(29)30)7-8-19(15)31-14-5-3-2-4-6-14/h2-11,23-24H,12H2,1H3,(H,27,28)(H,29,30)/p-1. The van der Waals surface area contributed by atoms with E-state index in [1.54, 1.807) is 43.6 Å². The number of fused-ring (bicyclic) bond motifs is 1. The number of hydrogen-bond acceptors (Lipinski definition) is 6. The van der Waals surface area contributed by atoms with Crippen LogP contribution < -0.4 is 15.6 Å². The summed E-state index contributed by atoms with van der Waals surface area (Å²) in [7, 11) is 1.56. The lowest BCUT2D eigenvalue weighted by atomic mass is 10.0. The highest BCUT2D eigenvalue weighted by atomic mass is 32.2. The van der Waals surface area contributed by atoms with E-state index in [4.69, 9.17) is 4.74 Å². The average Bonchev–Trinajstić information content (AvgIpc) is 3.22. The lowest BCUT2D eigenvalue weighted by molar-refractivity contribution is 0.0691. The van der Waals surface area contributed by atoms with Crippen LogP contribution in [0.2, 0.25) is 0 Å². The van der Waals surface area contributed by atoms with Gasteiger partial charge in [0.15, 0.2) is 0 Å². The zero-order chi connectivity index (χ0) is 22.8. The number of carboxylic acids is 1. The summed E-state index contributed by atoms with van der Waals surface area (Å²) >= 11 is -2.29. The van der Waals surface area contributed by atoms with Gasteiger partial charge < -0.3 is 29.3 Å². The van der Waals surface area contributed by atoms with Crippen LogP contribution in [0.25, 0.3) is 22.0 Å². The van der Waals surface area contributed by atoms with Crippen molar-refractivity contribution in [2.24, 2.45) is 7.05 Å². The number of aromatic amines is 1. The largest absolute Gasteiger partial charge is 0.771 e. The maximum absolute atomic E-state index is 12.6. The second kappa shape index (κ2) is 8.69. The molecule has 3 N–H and O–H groups in total. The number of hydrogen-bond donors (Lipinski definition) is 3. The van der Waals surface area contributed by atoms with E-state index in [0.29, 0.717) is 33.7 Å². The first-order chi connectivity index (χ1) is 15.3. The van der Waals surface area contributed by atoms with Crippen molar-refractivity contribution < 1.29 is 23.4 Å². The van der Waals surface area contributed by atoms with Crippen LogP contribution in [-0.4, -0.2) is 35.3 Å². The lowest BCUT2D eigenvalue weighted by Crippen LogP contribution is -2.16. The molecule has 1 unspecified atom stereocenters. The molecule has 2 aromatic heterocycles. The number of nitrogens with one attached hydrogen (secondary N) is 2. The van der Waals surface area contributed by atoms with Crippen molar-refractivity contribution in [2.45, 2.75) is 0 Å². The molecule has 0 bridgehead atoms. The van der Waals surface area contributed by atoms with Crippen LogP contribution in [0.1, 0.15) is 10.5 Å². The van der Waals surface area contributed by atoms with Crippen LogP contribution in [0.5, 0.6) is 11.5 Å². The van der Waals surface area contributed by atoms with Gasteiger partial charge in [-0.2, -0.15) is 0 Å². The number of aromatic carboxylic acids is 1. The number of H-pyrrole nitrogens is 1. The highest BCUT2D eigenvalue weighted by Crippen LogP contribution is 2.38. The Morgan fingerprint density at radius 3 is 2.62 bits per heavy atom. The summed E-state index contributed by atoms with van der Waals surface area (Å²) in [5, 5.41) is 12.6. The van der Waals surface area contributed by atoms with Crippen molar-refractivity contribution in [1.29, 1.82) is 0 Å². The fraction of sp³-hybridized carbons (Fsp3) is 0.0909. The molecular weight excluding hydrogens is 434 g/mol. The van der Waals surface area contributed by atoms with Crippen LogP contribution in [-0.2, 0) is 18.1 Å². The molecule has 0 aliphatic heterocycles. The molecule has 1 atom stereocenters. The topological polar surface area (TPSA) is 136 Å². The van der Waals surface area contributed by atoms with E-state index in [1.807, 2.05) is 18.2 Å². The van der Waals surface area contributed by atoms with Gasteiger partial charge >= 0.3 is 5.97 Å². The fourth-order valence-electron chi connectivity index (χ4n) is 3.36. The van der Waals surface area contributed by atoms with Crippen molar-refractivity contribution in [1.82, 2.24) is 9.55 Å². The minimum Gasteiger partial charge on any atom is -0.771 e. The third-order valence-electron chi connectivity index (χ3n) is 4.83. The third-order valence-corrected chi connectivity index (χ3v) is 5.21. The fourth-order valence-corrected chi connectivity index (χ4v) is 3.65. The van der Waals surface area contributed by atoms with E-state index in [2.05, 4.69) is 10.3 Å². The third kappa shape index (κ3) is 4.27. The van der Waals surface area contributed by atoms with E-state index in [9.17, 15) is 23.5 Å². The Hall–Kier alpha value is -3.89. The van der Waals surface area contributed by atoms with E-state index >= 15 is 0 Å². The highest BCUT2D eigenvalue weighted by molar-refractivity contribution is 7.79. The molecule has 0 saturated heterocycles. The molecule has 0 aliphatic rings. The first-order valence-corrected chi connectivity index (χ1v) is 10.7. The van der Waals surface area contributed by atoms with Gasteiger partial charge in [0.1, 0.15) is 22.7 Å². The summed E-state index contributed by atoms with van der Waals surface area (Å²) < 4.78 is 29.3. The van der Waals surface area contributed by atoms with Crippen molar-refractivity contribution >= 4 is 33.6 Å². The molecule has 164 valence electrons. The minimum absolute atomic E-state index is 0.119. The number of aryl methyl sites for hydroxylation is 1. The van der Waals surface area contributed by atoms with Crippen molar-refractivity contribution in [3.63, 3.8) is 0 Å². The minimum atomic E-state index is -2.29. The molecule has 2 aromatic carbocycles. The average molecular weight is 452 g/mol. The Morgan fingerprint density at radius 1 is 1.19 bits per heavy atom. The Kier molecular flexibility index (Phi) is 5.80. The second-order valence-corrected chi connectivity index (χ2v) is 7.88. The van der Waals surface area contributed by atoms with Crippen LogP contribution in [0.4, 0.5) is 5.69 Å². The molecule has 0 radical (unpaired) electrons. The molecule has 0 saturated carbocycles. The number of anilines is 1. The van der Waals surface area contributed by atoms with Gasteiger partial charge in [-0.15, -0.1) is 0 Å². The number of nitrogens with zero attached hydrogens (tertiary/aromatic N) is 1. The van der Waals surface area contributed by atoms with Gasteiger partial charge in [-0.05, 0) is 47.5 Å². The summed E-state index contributed by atoms with van der Waals surface area (Å²) in [6, 6.07) is 15.5. The van der Waals surface area contributed by atoms with E-state index in [-0.39, 0.29) is 22.6 Å². The molecule has 10 heteroatoms. The van der Waals surface area contributed by atoms with Crippen molar-refractivity contribution in [3.05, 3.63) is 76.8 Å². The summed E-state index contributed by atoms with van der Waals surface area (Å²) in [6.07, 6.45) is 1.59. The Bertz CT molecular complexity index is 1390. The molecule has 32 heavy (non-hydrogen) atoms. The molecule has 0 fully saturated rings. The summed E-state index contributed by atoms with van der Waals surface area (Å²) in [6.45, 7) is 0. The van der Waals surface area contributed by atoms with Crippen molar-refractivity contribution in [3.8, 4) is 22.6 Å². The summed E-state index contributed by atoms with van der Waals surface area (Å²) in [4.78, 5) is 26.8. The molecule has 4 aromatic rings. The van der Waals surface area contributed by atoms with Crippen LogP contribution in [0, 0.1) is 0 Å². The molecule has 0 aliphatic carbocycles. The normalized spacial score (nSPS) is 11.9. The first-order valence-electron chi connectivity index (χ1n) is 9.46. The van der Waals surface area contributed by atoms with E-state index < -0.39 is 17.0 Å². The summed E-state index contributed by atoms with van der Waals surface area (Å²) in [5.74, 6) is -0.447. The number of pyridine rings is 1. The number of para-hydroxylation sites is 1. The lowest BCUT2D eigenvalue weighted by Gasteiger charge is -2.16. The van der Waals surface area contributed by atoms with Gasteiger partial charge in [0.25, 0.3) is 5.56 Å². The van der Waals surface area contributed by atoms with Crippen LogP contribution in [0.15, 0.2) is 65.6 Å². The number of benzene rings is 2. The zero-order valence-electron chi connectivity index (χ0n) is 16.8. The van der Waals surface area contributed by atoms with Gasteiger partial charge in [0.2, 0.25) is 0 Å². The predicted molar refractivity (Wildman–Crippen MR) is 120 cm³/mol. The Labute approximate surface area is 184 Å². The second-order valence-electron chi connectivity index (χ2n) is 6.99. The monoisotopic (exact) mass is 452 g/mol. The molecule has 0 amide bonds. The van der Waals surface area contributed by atoms with Crippen LogP contribution in [0.3, 0.4) is 0 Å². The quantitative estimate of drug-likeness (QED) is 0.366. The van der Waals surface area contributed by atoms with Gasteiger partial charge in [0, 0.05) is 35.4 Å². The molecular formula is C22H18N3O6S-. The maximum atomic E-state index is 12.6. The highest BCUT2D eigenvalue weighted by Gasteiger charge is 2.18. The number of carbonyl (C=O) groups is 1. The molecule has 4 rings (SSSR count). The van der Waals surface area contributed by atoms with Gasteiger partial charge in [-0.3, -0.25) is 9.00 Å². The van der Waals surface area contributed by atoms with Crippen molar-refractivity contribution in [2.75, 3.05) is 11.2 Å². The van der Waals surface area contributed by atoms with E-state index in [1.165, 1.54) is 10.6 Å². The van der Waals surface area contributed by atoms with Gasteiger partial charge in [-0.25, -0.2) is 4.79 Å². The smallest absolute Gasteiger partial charge is 0.352 e. The zero-order valence-corrected chi connectivity index (χ0v) is 17.6. The number of aromatic nitrogens is 2. The van der Waals surface area contributed by atoms with Gasteiger partial charge in [0.05, 0.1) is 5.88 Å². The van der Waals surface area contributed by atoms with Crippen LogP contribution >= 0.6 is 0 Å². The molecule has 2 heterocycles. The first kappa shape index (κ1) is 21.3. The number of carboxylic acid groups (broad SMARTS) is 1. The summed E-state index contributed by atoms with van der Waals surface area (Å²) in [5.41, 5.74) is 1.26. The predicted octanol–water partition coefficient (Wildman–Crippen LogP) is 3.27. The molecule has 9 nitrogen and oxygen atoms in total. The van der Waals surface area contributed by atoms with E-state index in [0.717, 1.165) is 0 Å². The van der Waals surface area contributed by atoms with Gasteiger partial charge in [-0.1, -0.05) is 18.2 Å². The maximum Gasteiger partial charge on any atom is 0.352 e. The number of rotatable bonds is 7. The SMILES string of the molecule is Cn1cc(-c2cc(NCS(=O)[O-])ccc2Oc2ccccc2)c2cc(C(=O)O)[nH]c2c1=O. The Balaban J connectivity index is 1.93.